The van der Waals surface area contributed by atoms with Crippen LogP contribution in [-0.2, 0) is 11.2 Å². The Kier molecular flexibility index (Phi) is 5.91. The van der Waals surface area contributed by atoms with E-state index in [4.69, 9.17) is 16.9 Å². The maximum absolute atomic E-state index is 11.5. The van der Waals surface area contributed by atoms with E-state index in [1.165, 1.54) is 0 Å². The van der Waals surface area contributed by atoms with E-state index in [1.54, 1.807) is 0 Å². The molecule has 4 heteroatoms. The van der Waals surface area contributed by atoms with Gasteiger partial charge in [-0.2, -0.15) is 0 Å². The zero-order valence-electron chi connectivity index (χ0n) is 11.4. The fourth-order valence-electron chi connectivity index (χ4n) is 1.77. The summed E-state index contributed by atoms with van der Waals surface area (Å²) in [7, 11) is 0. The molecule has 1 rings (SSSR count). The van der Waals surface area contributed by atoms with E-state index in [9.17, 15) is 4.79 Å². The molecule has 1 aromatic rings. The highest BCUT2D eigenvalue weighted by molar-refractivity contribution is 5.77. The Labute approximate surface area is 114 Å². The van der Waals surface area contributed by atoms with Gasteiger partial charge in [-0.05, 0) is 31.4 Å². The first kappa shape index (κ1) is 15.1. The lowest BCUT2D eigenvalue weighted by molar-refractivity contribution is -0.122. The van der Waals surface area contributed by atoms with E-state index in [0.29, 0.717) is 6.42 Å². The van der Waals surface area contributed by atoms with Crippen LogP contribution in [0.3, 0.4) is 0 Å². The SMILES string of the molecule is C#CCNC(=O)COc1c(C)cccc1CC(C)N. The van der Waals surface area contributed by atoms with E-state index in [0.717, 1.165) is 16.9 Å². The first-order valence-corrected chi connectivity index (χ1v) is 6.21. The second-order valence-corrected chi connectivity index (χ2v) is 4.51. The topological polar surface area (TPSA) is 64.3 Å². The van der Waals surface area contributed by atoms with Crippen LogP contribution in [0.4, 0.5) is 0 Å². The second-order valence-electron chi connectivity index (χ2n) is 4.51. The zero-order chi connectivity index (χ0) is 14.3. The number of para-hydroxylation sites is 1. The zero-order valence-corrected chi connectivity index (χ0v) is 11.4. The summed E-state index contributed by atoms with van der Waals surface area (Å²) in [6.07, 6.45) is 5.78. The molecule has 19 heavy (non-hydrogen) atoms. The van der Waals surface area contributed by atoms with Crippen molar-refractivity contribution in [3.63, 3.8) is 0 Å². The summed E-state index contributed by atoms with van der Waals surface area (Å²) >= 11 is 0. The average molecular weight is 260 g/mol. The maximum Gasteiger partial charge on any atom is 0.258 e. The lowest BCUT2D eigenvalue weighted by Gasteiger charge is -2.15. The fourth-order valence-corrected chi connectivity index (χ4v) is 1.77. The van der Waals surface area contributed by atoms with Crippen LogP contribution in [0.1, 0.15) is 18.1 Å². The molecule has 0 saturated carbocycles. The van der Waals surface area contributed by atoms with Gasteiger partial charge in [0.05, 0.1) is 6.54 Å². The lowest BCUT2D eigenvalue weighted by Crippen LogP contribution is -2.29. The first-order valence-electron chi connectivity index (χ1n) is 6.21. The molecule has 0 aliphatic rings. The molecule has 0 aliphatic carbocycles. The molecule has 0 spiro atoms. The van der Waals surface area contributed by atoms with Gasteiger partial charge in [-0.15, -0.1) is 6.42 Å². The third-order valence-electron chi connectivity index (χ3n) is 2.57. The molecule has 0 fully saturated rings. The average Bonchev–Trinajstić information content (AvgIpc) is 2.35. The van der Waals surface area contributed by atoms with Gasteiger partial charge in [-0.25, -0.2) is 0 Å². The van der Waals surface area contributed by atoms with Crippen LogP contribution < -0.4 is 15.8 Å². The van der Waals surface area contributed by atoms with E-state index in [1.807, 2.05) is 32.0 Å². The van der Waals surface area contributed by atoms with E-state index >= 15 is 0 Å². The Balaban J connectivity index is 2.71. The van der Waals surface area contributed by atoms with Crippen LogP contribution in [0.25, 0.3) is 0 Å². The van der Waals surface area contributed by atoms with E-state index < -0.39 is 0 Å². The molecule has 1 aromatic carbocycles. The molecule has 1 unspecified atom stereocenters. The Hall–Kier alpha value is -1.99. The number of carbonyl (C=O) groups excluding carboxylic acids is 1. The van der Waals surface area contributed by atoms with Crippen molar-refractivity contribution in [2.24, 2.45) is 5.73 Å². The smallest absolute Gasteiger partial charge is 0.258 e. The predicted octanol–water partition coefficient (Wildman–Crippen LogP) is 1.01. The van der Waals surface area contributed by atoms with Gasteiger partial charge >= 0.3 is 0 Å². The minimum atomic E-state index is -0.229. The number of nitrogens with two attached hydrogens (primary N) is 1. The fraction of sp³-hybridized carbons (Fsp3) is 0.400. The van der Waals surface area contributed by atoms with Gasteiger partial charge < -0.3 is 15.8 Å². The molecule has 0 saturated heterocycles. The number of hydrogen-bond acceptors (Lipinski definition) is 3. The molecule has 0 radical (unpaired) electrons. The van der Waals surface area contributed by atoms with Crippen LogP contribution in [0.5, 0.6) is 5.75 Å². The Morgan fingerprint density at radius 3 is 2.95 bits per heavy atom. The van der Waals surface area contributed by atoms with Crippen LogP contribution in [0.2, 0.25) is 0 Å². The molecule has 0 bridgehead atoms. The van der Waals surface area contributed by atoms with Crippen molar-refractivity contribution in [2.45, 2.75) is 26.3 Å². The first-order chi connectivity index (χ1) is 9.04. The number of benzene rings is 1. The summed E-state index contributed by atoms with van der Waals surface area (Å²) in [4.78, 5) is 11.5. The predicted molar refractivity (Wildman–Crippen MR) is 75.9 cm³/mol. The van der Waals surface area contributed by atoms with Crippen LogP contribution in [0, 0.1) is 19.3 Å². The van der Waals surface area contributed by atoms with Gasteiger partial charge in [-0.3, -0.25) is 4.79 Å². The van der Waals surface area contributed by atoms with E-state index in [2.05, 4.69) is 11.2 Å². The minimum absolute atomic E-state index is 0.0411. The van der Waals surface area contributed by atoms with Gasteiger partial charge in [0.1, 0.15) is 5.75 Å². The summed E-state index contributed by atoms with van der Waals surface area (Å²) in [6, 6.07) is 5.90. The Bertz CT molecular complexity index is 476. The molecule has 3 N–H and O–H groups in total. The third-order valence-corrected chi connectivity index (χ3v) is 2.57. The summed E-state index contributed by atoms with van der Waals surface area (Å²) < 4.78 is 5.59. The molecule has 0 heterocycles. The molecular formula is C15H20N2O2. The standard InChI is InChI=1S/C15H20N2O2/c1-4-8-17-14(18)10-19-15-11(2)6-5-7-13(15)9-12(3)16/h1,5-7,12H,8-10,16H2,2-3H3,(H,17,18). The quantitative estimate of drug-likeness (QED) is 0.750. The largest absolute Gasteiger partial charge is 0.483 e. The summed E-state index contributed by atoms with van der Waals surface area (Å²) in [5.74, 6) is 2.84. The lowest BCUT2D eigenvalue weighted by atomic mass is 10.0. The number of terminal acetylenes is 1. The number of aryl methyl sites for hydroxylation is 1. The van der Waals surface area contributed by atoms with E-state index in [-0.39, 0.29) is 25.1 Å². The minimum Gasteiger partial charge on any atom is -0.483 e. The number of carbonyl (C=O) groups is 1. The Morgan fingerprint density at radius 1 is 1.58 bits per heavy atom. The molecule has 0 aliphatic heterocycles. The van der Waals surface area contributed by atoms with Gasteiger partial charge in [0.25, 0.3) is 5.91 Å². The number of nitrogens with one attached hydrogen (secondary N) is 1. The van der Waals surface area contributed by atoms with Crippen molar-refractivity contribution < 1.29 is 9.53 Å². The van der Waals surface area contributed by atoms with Crippen molar-refractivity contribution in [1.29, 1.82) is 0 Å². The Morgan fingerprint density at radius 2 is 2.32 bits per heavy atom. The van der Waals surface area contributed by atoms with Crippen molar-refractivity contribution in [2.75, 3.05) is 13.2 Å². The molecular weight excluding hydrogens is 240 g/mol. The number of rotatable bonds is 6. The normalized spacial score (nSPS) is 11.5. The summed E-state index contributed by atoms with van der Waals surface area (Å²) in [5, 5.41) is 2.56. The molecule has 102 valence electrons. The van der Waals surface area contributed by atoms with Gasteiger partial charge in [0.15, 0.2) is 6.61 Å². The number of ether oxygens (including phenoxy) is 1. The van der Waals surface area contributed by atoms with Crippen LogP contribution in [-0.4, -0.2) is 25.1 Å². The van der Waals surface area contributed by atoms with Crippen LogP contribution >= 0.6 is 0 Å². The molecule has 1 amide bonds. The molecule has 4 nitrogen and oxygen atoms in total. The van der Waals surface area contributed by atoms with Crippen LogP contribution in [0.15, 0.2) is 18.2 Å². The van der Waals surface area contributed by atoms with Crippen molar-refractivity contribution in [3.05, 3.63) is 29.3 Å². The van der Waals surface area contributed by atoms with Crippen molar-refractivity contribution in [3.8, 4) is 18.1 Å². The van der Waals surface area contributed by atoms with Gasteiger partial charge in [0, 0.05) is 6.04 Å². The third kappa shape index (κ3) is 5.02. The summed E-state index contributed by atoms with van der Waals surface area (Å²) in [5.41, 5.74) is 7.81. The van der Waals surface area contributed by atoms with Crippen molar-refractivity contribution >= 4 is 5.91 Å². The highest BCUT2D eigenvalue weighted by Crippen LogP contribution is 2.24. The number of amides is 1. The second kappa shape index (κ2) is 7.45. The highest BCUT2D eigenvalue weighted by Gasteiger charge is 2.10. The van der Waals surface area contributed by atoms with Gasteiger partial charge in [-0.1, -0.05) is 24.1 Å². The number of hydrogen-bond donors (Lipinski definition) is 2. The monoisotopic (exact) mass is 260 g/mol. The highest BCUT2D eigenvalue weighted by atomic mass is 16.5. The summed E-state index contributed by atoms with van der Waals surface area (Å²) in [6.45, 7) is 4.05. The van der Waals surface area contributed by atoms with Crippen molar-refractivity contribution in [1.82, 2.24) is 5.32 Å². The van der Waals surface area contributed by atoms with Gasteiger partial charge in [0.2, 0.25) is 0 Å². The molecule has 0 aromatic heterocycles. The molecule has 1 atom stereocenters. The maximum atomic E-state index is 11.5.